The van der Waals surface area contributed by atoms with Crippen LogP contribution in [0.5, 0.6) is 0 Å². The molecule has 3 aromatic rings. The lowest BCUT2D eigenvalue weighted by molar-refractivity contribution is 0.629. The van der Waals surface area contributed by atoms with Gasteiger partial charge in [0.25, 0.3) is 0 Å². The fourth-order valence-corrected chi connectivity index (χ4v) is 2.20. The third-order valence-electron chi connectivity index (χ3n) is 3.11. The minimum atomic E-state index is -0.582. The first-order chi connectivity index (χ1) is 9.08. The number of pyridine rings is 1. The molecule has 3 nitrogen and oxygen atoms in total. The largest absolute Gasteiger partial charge is 0.395 e. The van der Waals surface area contributed by atoms with Crippen molar-refractivity contribution >= 4 is 28.2 Å². The highest BCUT2D eigenvalue weighted by Crippen LogP contribution is 2.32. The molecule has 0 aliphatic rings. The van der Waals surface area contributed by atoms with Crippen molar-refractivity contribution in [2.45, 2.75) is 6.92 Å². The summed E-state index contributed by atoms with van der Waals surface area (Å²) in [6.07, 6.45) is 1.83. The van der Waals surface area contributed by atoms with E-state index in [0.29, 0.717) is 11.3 Å². The third-order valence-corrected chi connectivity index (χ3v) is 3.58. The summed E-state index contributed by atoms with van der Waals surface area (Å²) >= 11 is 5.89. The number of anilines is 1. The molecule has 3 N–H and O–H groups in total. The molecule has 0 atom stereocenters. The van der Waals surface area contributed by atoms with Gasteiger partial charge < -0.3 is 10.7 Å². The molecule has 0 fully saturated rings. The van der Waals surface area contributed by atoms with E-state index in [9.17, 15) is 4.39 Å². The molecule has 0 aliphatic heterocycles. The normalized spacial score (nSPS) is 11.1. The molecule has 0 radical (unpaired) electrons. The summed E-state index contributed by atoms with van der Waals surface area (Å²) in [4.78, 5) is 7.28. The highest BCUT2D eigenvalue weighted by Gasteiger charge is 2.16. The van der Waals surface area contributed by atoms with E-state index in [1.54, 1.807) is 6.92 Å². The zero-order valence-electron chi connectivity index (χ0n) is 10.2. The number of hydrogen-bond acceptors (Lipinski definition) is 2. The van der Waals surface area contributed by atoms with Gasteiger partial charge in [-0.05, 0) is 24.4 Å². The van der Waals surface area contributed by atoms with E-state index >= 15 is 0 Å². The molecule has 0 saturated carbocycles. The van der Waals surface area contributed by atoms with Crippen molar-refractivity contribution in [3.8, 4) is 11.3 Å². The van der Waals surface area contributed by atoms with Gasteiger partial charge in [-0.15, -0.1) is 0 Å². The van der Waals surface area contributed by atoms with E-state index in [1.165, 1.54) is 0 Å². The molecule has 3 rings (SSSR count). The molecular formula is C14H11ClFN3. The molecule has 2 heterocycles. The first-order valence-electron chi connectivity index (χ1n) is 5.76. The maximum Gasteiger partial charge on any atom is 0.173 e. The van der Waals surface area contributed by atoms with E-state index in [1.807, 2.05) is 30.5 Å². The number of rotatable bonds is 1. The Balaban J connectivity index is 2.26. The zero-order valence-corrected chi connectivity index (χ0v) is 10.9. The van der Waals surface area contributed by atoms with Crippen LogP contribution >= 0.6 is 11.6 Å². The number of nitrogen functional groups attached to an aromatic ring is 1. The molecule has 0 aliphatic carbocycles. The SMILES string of the molecule is Cc1nc(-c2ccc3cc[nH]c3c2)c(F)c(N)c1Cl. The Labute approximate surface area is 114 Å². The summed E-state index contributed by atoms with van der Waals surface area (Å²) in [7, 11) is 0. The number of aromatic amines is 1. The zero-order chi connectivity index (χ0) is 13.6. The van der Waals surface area contributed by atoms with Crippen molar-refractivity contribution in [1.82, 2.24) is 9.97 Å². The van der Waals surface area contributed by atoms with Gasteiger partial charge in [0, 0.05) is 17.3 Å². The van der Waals surface area contributed by atoms with E-state index < -0.39 is 5.82 Å². The van der Waals surface area contributed by atoms with Gasteiger partial charge in [0.2, 0.25) is 0 Å². The summed E-state index contributed by atoms with van der Waals surface area (Å²) < 4.78 is 14.2. The predicted molar refractivity (Wildman–Crippen MR) is 75.6 cm³/mol. The number of nitrogens with zero attached hydrogens (tertiary/aromatic N) is 1. The Bertz CT molecular complexity index is 780. The monoisotopic (exact) mass is 275 g/mol. The number of benzene rings is 1. The smallest absolute Gasteiger partial charge is 0.173 e. The second-order valence-corrected chi connectivity index (χ2v) is 4.75. The van der Waals surface area contributed by atoms with Crippen molar-refractivity contribution in [3.05, 3.63) is 47.0 Å². The average Bonchev–Trinajstić information content (AvgIpc) is 2.87. The third kappa shape index (κ3) is 1.85. The lowest BCUT2D eigenvalue weighted by Gasteiger charge is -2.09. The number of aryl methyl sites for hydroxylation is 1. The summed E-state index contributed by atoms with van der Waals surface area (Å²) in [6.45, 7) is 1.70. The van der Waals surface area contributed by atoms with Crippen LogP contribution in [-0.2, 0) is 0 Å². The van der Waals surface area contributed by atoms with Crippen LogP contribution in [-0.4, -0.2) is 9.97 Å². The molecular weight excluding hydrogens is 265 g/mol. The maximum atomic E-state index is 14.2. The van der Waals surface area contributed by atoms with E-state index in [4.69, 9.17) is 17.3 Å². The lowest BCUT2D eigenvalue weighted by atomic mass is 10.1. The first-order valence-corrected chi connectivity index (χ1v) is 6.14. The van der Waals surface area contributed by atoms with E-state index in [2.05, 4.69) is 9.97 Å². The number of H-pyrrole nitrogens is 1. The molecule has 19 heavy (non-hydrogen) atoms. The Kier molecular flexibility index (Phi) is 2.68. The summed E-state index contributed by atoms with van der Waals surface area (Å²) in [5, 5.41) is 1.23. The van der Waals surface area contributed by atoms with Gasteiger partial charge in [0.1, 0.15) is 5.69 Å². The lowest BCUT2D eigenvalue weighted by Crippen LogP contribution is -2.00. The Morgan fingerprint density at radius 1 is 1.32 bits per heavy atom. The van der Waals surface area contributed by atoms with Crippen LogP contribution in [0.4, 0.5) is 10.1 Å². The predicted octanol–water partition coefficient (Wildman–Crippen LogP) is 3.91. The molecule has 0 spiro atoms. The average molecular weight is 276 g/mol. The second-order valence-electron chi connectivity index (χ2n) is 4.37. The van der Waals surface area contributed by atoms with Gasteiger partial charge in [-0.3, -0.25) is 0 Å². The Morgan fingerprint density at radius 2 is 2.11 bits per heavy atom. The summed E-state index contributed by atoms with van der Waals surface area (Å²) in [6, 6.07) is 7.51. The van der Waals surface area contributed by atoms with Crippen LogP contribution in [0, 0.1) is 12.7 Å². The number of aromatic nitrogens is 2. The van der Waals surface area contributed by atoms with Crippen molar-refractivity contribution in [3.63, 3.8) is 0 Å². The van der Waals surface area contributed by atoms with E-state index in [-0.39, 0.29) is 16.4 Å². The van der Waals surface area contributed by atoms with Crippen molar-refractivity contribution < 1.29 is 4.39 Å². The molecule has 0 amide bonds. The molecule has 5 heteroatoms. The molecule has 0 unspecified atom stereocenters. The fraction of sp³-hybridized carbons (Fsp3) is 0.0714. The van der Waals surface area contributed by atoms with Crippen LogP contribution in [0.25, 0.3) is 22.2 Å². The first kappa shape index (κ1) is 12.0. The van der Waals surface area contributed by atoms with Crippen LogP contribution in [0.3, 0.4) is 0 Å². The standard InChI is InChI=1S/C14H11ClFN3/c1-7-11(15)13(17)12(16)14(19-7)9-3-2-8-4-5-18-10(8)6-9/h2-6,18H,1H3,(H2,17,19). The Morgan fingerprint density at radius 3 is 2.89 bits per heavy atom. The van der Waals surface area contributed by atoms with Gasteiger partial charge in [-0.2, -0.15) is 0 Å². The van der Waals surface area contributed by atoms with Gasteiger partial charge >= 0.3 is 0 Å². The minimum Gasteiger partial charge on any atom is -0.395 e. The van der Waals surface area contributed by atoms with E-state index in [0.717, 1.165) is 10.9 Å². The molecule has 2 aromatic heterocycles. The minimum absolute atomic E-state index is 0.0595. The topological polar surface area (TPSA) is 54.7 Å². The summed E-state index contributed by atoms with van der Waals surface area (Å²) in [5.41, 5.74) is 7.92. The molecule has 96 valence electrons. The van der Waals surface area contributed by atoms with Crippen LogP contribution in [0.15, 0.2) is 30.5 Å². The molecule has 1 aromatic carbocycles. The number of nitrogens with two attached hydrogens (primary N) is 1. The van der Waals surface area contributed by atoms with Gasteiger partial charge in [-0.25, -0.2) is 9.37 Å². The fourth-order valence-electron chi connectivity index (χ4n) is 2.07. The quantitative estimate of drug-likeness (QED) is 0.707. The molecule has 0 bridgehead atoms. The maximum absolute atomic E-state index is 14.2. The van der Waals surface area contributed by atoms with Crippen LogP contribution < -0.4 is 5.73 Å². The molecule has 0 saturated heterocycles. The summed E-state index contributed by atoms with van der Waals surface area (Å²) in [5.74, 6) is -0.582. The number of hydrogen-bond donors (Lipinski definition) is 2. The van der Waals surface area contributed by atoms with Gasteiger partial charge in [-0.1, -0.05) is 23.7 Å². The van der Waals surface area contributed by atoms with Crippen LogP contribution in [0.2, 0.25) is 5.02 Å². The number of nitrogens with one attached hydrogen (secondary N) is 1. The van der Waals surface area contributed by atoms with Crippen molar-refractivity contribution in [1.29, 1.82) is 0 Å². The highest BCUT2D eigenvalue weighted by molar-refractivity contribution is 6.33. The Hall–Kier alpha value is -2.07. The van der Waals surface area contributed by atoms with Crippen molar-refractivity contribution in [2.24, 2.45) is 0 Å². The van der Waals surface area contributed by atoms with Crippen LogP contribution in [0.1, 0.15) is 5.69 Å². The van der Waals surface area contributed by atoms with Gasteiger partial charge in [0.05, 0.1) is 16.4 Å². The number of halogens is 2. The highest BCUT2D eigenvalue weighted by atomic mass is 35.5. The van der Waals surface area contributed by atoms with Gasteiger partial charge in [0.15, 0.2) is 5.82 Å². The second kappa shape index (κ2) is 4.24. The number of fused-ring (bicyclic) bond motifs is 1. The van der Waals surface area contributed by atoms with Crippen molar-refractivity contribution in [2.75, 3.05) is 5.73 Å².